The molecule has 1 N–H and O–H groups in total. The van der Waals surface area contributed by atoms with Crippen LogP contribution in [0.25, 0.3) is 0 Å². The van der Waals surface area contributed by atoms with Crippen molar-refractivity contribution in [3.63, 3.8) is 0 Å². The third-order valence-corrected chi connectivity index (χ3v) is 4.74. The minimum absolute atomic E-state index is 0.126. The van der Waals surface area contributed by atoms with Gasteiger partial charge >= 0.3 is 0 Å². The largest absolute Gasteiger partial charge is 0.503 e. The van der Waals surface area contributed by atoms with Crippen molar-refractivity contribution >= 4 is 17.4 Å². The third kappa shape index (κ3) is 3.50. The van der Waals surface area contributed by atoms with Gasteiger partial charge in [-0.3, -0.25) is 19.5 Å². The van der Waals surface area contributed by atoms with Crippen LogP contribution in [0.4, 0.5) is 5.69 Å². The number of amides is 1. The first-order valence-electron chi connectivity index (χ1n) is 9.08. The lowest BCUT2D eigenvalue weighted by Crippen LogP contribution is -2.31. The first-order valence-corrected chi connectivity index (χ1v) is 9.08. The van der Waals surface area contributed by atoms with Crippen molar-refractivity contribution < 1.29 is 14.7 Å². The number of aryl methyl sites for hydroxylation is 2. The molecule has 1 aliphatic heterocycles. The summed E-state index contributed by atoms with van der Waals surface area (Å²) in [7, 11) is 0. The van der Waals surface area contributed by atoms with E-state index in [-0.39, 0.29) is 23.7 Å². The highest BCUT2D eigenvalue weighted by molar-refractivity contribution is 6.16. The van der Waals surface area contributed by atoms with Crippen LogP contribution in [-0.4, -0.2) is 21.8 Å². The van der Waals surface area contributed by atoms with Crippen LogP contribution >= 0.6 is 0 Å². The number of aliphatic hydroxyl groups is 1. The Kier molecular flexibility index (Phi) is 5.13. The summed E-state index contributed by atoms with van der Waals surface area (Å²) < 4.78 is 0. The molecule has 0 fully saturated rings. The molecule has 5 heteroatoms. The van der Waals surface area contributed by atoms with Crippen LogP contribution in [0.5, 0.6) is 0 Å². The molecule has 0 radical (unpaired) electrons. The van der Waals surface area contributed by atoms with Crippen molar-refractivity contribution in [2.24, 2.45) is 5.92 Å². The standard InChI is InChI=1S/C22H24N2O3/c1-13(2)11-18(25)19-20(16-7-9-23-10-8-16)24(22(27)21(19)26)17-6-5-14(3)12-15(17)4/h5-10,12-13,20,26H,11H2,1-4H3. The predicted octanol–water partition coefficient (Wildman–Crippen LogP) is 4.21. The Balaban J connectivity index is 2.16. The Morgan fingerprint density at radius 1 is 1.19 bits per heavy atom. The average molecular weight is 364 g/mol. The van der Waals surface area contributed by atoms with Crippen LogP contribution in [0.3, 0.4) is 0 Å². The number of hydrogen-bond acceptors (Lipinski definition) is 4. The molecule has 1 unspecified atom stereocenters. The number of hydrogen-bond donors (Lipinski definition) is 1. The minimum Gasteiger partial charge on any atom is -0.503 e. The molecule has 5 nitrogen and oxygen atoms in total. The highest BCUT2D eigenvalue weighted by Crippen LogP contribution is 2.42. The Bertz CT molecular complexity index is 916. The van der Waals surface area contributed by atoms with E-state index in [4.69, 9.17) is 0 Å². The van der Waals surface area contributed by atoms with Gasteiger partial charge in [0, 0.05) is 24.5 Å². The SMILES string of the molecule is Cc1ccc(N2C(=O)C(O)=C(C(=O)CC(C)C)C2c2ccncc2)c(C)c1. The topological polar surface area (TPSA) is 70.5 Å². The Morgan fingerprint density at radius 3 is 2.44 bits per heavy atom. The minimum atomic E-state index is -0.659. The molecule has 1 aliphatic rings. The van der Waals surface area contributed by atoms with Gasteiger partial charge in [0.25, 0.3) is 5.91 Å². The van der Waals surface area contributed by atoms with Gasteiger partial charge in [-0.25, -0.2) is 0 Å². The summed E-state index contributed by atoms with van der Waals surface area (Å²) in [5, 5.41) is 10.6. The quantitative estimate of drug-likeness (QED) is 0.862. The first-order chi connectivity index (χ1) is 12.8. The van der Waals surface area contributed by atoms with E-state index in [0.717, 1.165) is 16.7 Å². The molecule has 2 aromatic rings. The van der Waals surface area contributed by atoms with E-state index in [2.05, 4.69) is 4.98 Å². The summed E-state index contributed by atoms with van der Waals surface area (Å²) in [5.41, 5.74) is 3.59. The molecule has 27 heavy (non-hydrogen) atoms. The van der Waals surface area contributed by atoms with Crippen LogP contribution < -0.4 is 4.90 Å². The summed E-state index contributed by atoms with van der Waals surface area (Å²) >= 11 is 0. The monoisotopic (exact) mass is 364 g/mol. The Morgan fingerprint density at radius 2 is 1.85 bits per heavy atom. The number of rotatable bonds is 5. The van der Waals surface area contributed by atoms with Gasteiger partial charge in [0.2, 0.25) is 0 Å². The molecule has 1 aromatic carbocycles. The lowest BCUT2D eigenvalue weighted by Gasteiger charge is -2.28. The van der Waals surface area contributed by atoms with Gasteiger partial charge in [0.15, 0.2) is 11.5 Å². The van der Waals surface area contributed by atoms with Gasteiger partial charge in [-0.15, -0.1) is 0 Å². The molecule has 1 aromatic heterocycles. The number of carbonyl (C=O) groups excluding carboxylic acids is 2. The molecule has 1 amide bonds. The van der Waals surface area contributed by atoms with Crippen molar-refractivity contribution in [1.82, 2.24) is 4.98 Å². The van der Waals surface area contributed by atoms with Gasteiger partial charge in [-0.1, -0.05) is 31.5 Å². The van der Waals surface area contributed by atoms with Crippen LogP contribution in [0, 0.1) is 19.8 Å². The van der Waals surface area contributed by atoms with Gasteiger partial charge in [-0.2, -0.15) is 0 Å². The van der Waals surface area contributed by atoms with Gasteiger partial charge in [-0.05, 0) is 49.1 Å². The van der Waals surface area contributed by atoms with E-state index in [1.54, 1.807) is 24.5 Å². The maximum absolute atomic E-state index is 13.0. The molecule has 0 aliphatic carbocycles. The Labute approximate surface area is 159 Å². The van der Waals surface area contributed by atoms with Crippen molar-refractivity contribution in [3.05, 3.63) is 70.7 Å². The number of nitrogens with zero attached hydrogens (tertiary/aromatic N) is 2. The van der Waals surface area contributed by atoms with Crippen LogP contribution in [0.1, 0.15) is 43.0 Å². The molecule has 0 bridgehead atoms. The number of Topliss-reactive ketones (excluding diaryl/α,β-unsaturated/α-hetero) is 1. The molecule has 140 valence electrons. The number of anilines is 1. The second-order valence-corrected chi connectivity index (χ2v) is 7.43. The smallest absolute Gasteiger partial charge is 0.294 e. The summed E-state index contributed by atoms with van der Waals surface area (Å²) in [6.45, 7) is 7.78. The zero-order valence-electron chi connectivity index (χ0n) is 16.1. The summed E-state index contributed by atoms with van der Waals surface area (Å²) in [5.74, 6) is -1.08. The van der Waals surface area contributed by atoms with Gasteiger partial charge in [0.05, 0.1) is 11.6 Å². The van der Waals surface area contributed by atoms with Crippen LogP contribution in [0.2, 0.25) is 0 Å². The van der Waals surface area contributed by atoms with Crippen molar-refractivity contribution in [2.45, 2.75) is 40.2 Å². The van der Waals surface area contributed by atoms with E-state index >= 15 is 0 Å². The molecular weight excluding hydrogens is 340 g/mol. The maximum Gasteiger partial charge on any atom is 0.294 e. The molecule has 1 atom stereocenters. The van der Waals surface area contributed by atoms with E-state index in [1.165, 1.54) is 4.90 Å². The number of ketones is 1. The molecular formula is C22H24N2O3. The van der Waals surface area contributed by atoms with E-state index < -0.39 is 17.7 Å². The van der Waals surface area contributed by atoms with Crippen LogP contribution in [0.15, 0.2) is 54.1 Å². The predicted molar refractivity (Wildman–Crippen MR) is 104 cm³/mol. The van der Waals surface area contributed by atoms with Crippen LogP contribution in [-0.2, 0) is 9.59 Å². The van der Waals surface area contributed by atoms with E-state index in [9.17, 15) is 14.7 Å². The summed E-state index contributed by atoms with van der Waals surface area (Å²) in [6.07, 6.45) is 3.52. The van der Waals surface area contributed by atoms with Crippen molar-refractivity contribution in [2.75, 3.05) is 4.90 Å². The number of benzene rings is 1. The highest BCUT2D eigenvalue weighted by atomic mass is 16.3. The van der Waals surface area contributed by atoms with Crippen molar-refractivity contribution in [1.29, 1.82) is 0 Å². The molecule has 0 saturated carbocycles. The first kappa shape index (κ1) is 18.8. The third-order valence-electron chi connectivity index (χ3n) is 4.74. The molecule has 0 saturated heterocycles. The fourth-order valence-corrected chi connectivity index (χ4v) is 3.56. The second kappa shape index (κ2) is 7.35. The number of aliphatic hydroxyl groups excluding tert-OH is 1. The fraction of sp³-hybridized carbons (Fsp3) is 0.318. The number of carbonyl (C=O) groups is 2. The average Bonchev–Trinajstić information content (AvgIpc) is 2.87. The zero-order valence-corrected chi connectivity index (χ0v) is 16.1. The highest BCUT2D eigenvalue weighted by Gasteiger charge is 2.44. The van der Waals surface area contributed by atoms with Crippen molar-refractivity contribution in [3.8, 4) is 0 Å². The van der Waals surface area contributed by atoms with Gasteiger partial charge in [0.1, 0.15) is 0 Å². The number of pyridine rings is 1. The number of aromatic nitrogens is 1. The Hall–Kier alpha value is -2.95. The lowest BCUT2D eigenvalue weighted by atomic mass is 9.92. The molecule has 0 spiro atoms. The summed E-state index contributed by atoms with van der Waals surface area (Å²) in [4.78, 5) is 31.4. The fourth-order valence-electron chi connectivity index (χ4n) is 3.56. The molecule has 3 rings (SSSR count). The zero-order chi connectivity index (χ0) is 19.7. The van der Waals surface area contributed by atoms with E-state index in [0.29, 0.717) is 5.69 Å². The van der Waals surface area contributed by atoms with E-state index in [1.807, 2.05) is 45.9 Å². The normalized spacial score (nSPS) is 17.1. The summed E-state index contributed by atoms with van der Waals surface area (Å²) in [6, 6.07) is 8.65. The molecule has 2 heterocycles. The lowest BCUT2D eigenvalue weighted by molar-refractivity contribution is -0.118. The second-order valence-electron chi connectivity index (χ2n) is 7.43. The maximum atomic E-state index is 13.0. The van der Waals surface area contributed by atoms with Gasteiger partial charge < -0.3 is 5.11 Å².